The van der Waals surface area contributed by atoms with Gasteiger partial charge in [-0.3, -0.25) is 9.59 Å². The van der Waals surface area contributed by atoms with Crippen LogP contribution in [-0.4, -0.2) is 40.3 Å². The first-order valence-corrected chi connectivity index (χ1v) is 7.50. The molecule has 0 saturated heterocycles. The predicted molar refractivity (Wildman–Crippen MR) is 79.7 cm³/mol. The number of hydrogen-bond acceptors (Lipinski definition) is 4. The maximum atomic E-state index is 12.2. The standard InChI is InChI=1S/C13H14BrN5O2/c14-8-5-9(11-10(6-8)17-19-18-11)13(21)16-4-3-15-12(20)7-1-2-7/h5-7H,1-4H2,(H,15,20)(H,16,21)(H,17,18,19). The molecule has 3 rings (SSSR count). The van der Waals surface area contributed by atoms with Gasteiger partial charge in [0.05, 0.1) is 5.56 Å². The van der Waals surface area contributed by atoms with Gasteiger partial charge in [-0.25, -0.2) is 0 Å². The van der Waals surface area contributed by atoms with E-state index in [2.05, 4.69) is 42.0 Å². The fourth-order valence-electron chi connectivity index (χ4n) is 2.04. The Bertz CT molecular complexity index is 695. The lowest BCUT2D eigenvalue weighted by Crippen LogP contribution is -2.35. The number of nitrogens with one attached hydrogen (secondary N) is 3. The molecule has 1 aromatic carbocycles. The molecule has 1 aromatic heterocycles. The summed E-state index contributed by atoms with van der Waals surface area (Å²) in [5.41, 5.74) is 1.59. The van der Waals surface area contributed by atoms with Gasteiger partial charge >= 0.3 is 0 Å². The Morgan fingerprint density at radius 3 is 2.76 bits per heavy atom. The highest BCUT2D eigenvalue weighted by Crippen LogP contribution is 2.28. The summed E-state index contributed by atoms with van der Waals surface area (Å²) >= 11 is 3.34. The number of amides is 2. The van der Waals surface area contributed by atoms with Crippen molar-refractivity contribution in [3.63, 3.8) is 0 Å². The summed E-state index contributed by atoms with van der Waals surface area (Å²) in [5, 5.41) is 16.0. The zero-order chi connectivity index (χ0) is 14.8. The number of hydrogen-bond donors (Lipinski definition) is 3. The molecule has 110 valence electrons. The summed E-state index contributed by atoms with van der Waals surface area (Å²) in [4.78, 5) is 23.6. The molecule has 0 bridgehead atoms. The van der Waals surface area contributed by atoms with Crippen molar-refractivity contribution in [1.29, 1.82) is 0 Å². The van der Waals surface area contributed by atoms with Gasteiger partial charge in [0.25, 0.3) is 5.91 Å². The van der Waals surface area contributed by atoms with Crippen LogP contribution in [0.4, 0.5) is 0 Å². The van der Waals surface area contributed by atoms with Crippen LogP contribution in [0, 0.1) is 5.92 Å². The van der Waals surface area contributed by atoms with Gasteiger partial charge in [-0.05, 0) is 25.0 Å². The molecule has 21 heavy (non-hydrogen) atoms. The monoisotopic (exact) mass is 351 g/mol. The topological polar surface area (TPSA) is 99.8 Å². The van der Waals surface area contributed by atoms with Crippen LogP contribution in [0.2, 0.25) is 0 Å². The summed E-state index contributed by atoms with van der Waals surface area (Å²) in [6.07, 6.45) is 1.95. The maximum absolute atomic E-state index is 12.2. The largest absolute Gasteiger partial charge is 0.354 e. The van der Waals surface area contributed by atoms with Gasteiger partial charge < -0.3 is 10.6 Å². The minimum atomic E-state index is -0.240. The van der Waals surface area contributed by atoms with Crippen LogP contribution in [0.15, 0.2) is 16.6 Å². The molecule has 1 fully saturated rings. The van der Waals surface area contributed by atoms with Crippen molar-refractivity contribution >= 4 is 38.8 Å². The number of rotatable bonds is 5. The van der Waals surface area contributed by atoms with Crippen LogP contribution in [0.1, 0.15) is 23.2 Å². The minimum Gasteiger partial charge on any atom is -0.354 e. The van der Waals surface area contributed by atoms with Crippen LogP contribution in [0.3, 0.4) is 0 Å². The van der Waals surface area contributed by atoms with Crippen molar-refractivity contribution in [1.82, 2.24) is 26.0 Å². The molecular formula is C13H14BrN5O2. The summed E-state index contributed by atoms with van der Waals surface area (Å²) in [6.45, 7) is 0.806. The lowest BCUT2D eigenvalue weighted by atomic mass is 10.1. The lowest BCUT2D eigenvalue weighted by molar-refractivity contribution is -0.122. The van der Waals surface area contributed by atoms with Gasteiger partial charge in [-0.15, -0.1) is 0 Å². The molecule has 0 unspecified atom stereocenters. The Balaban J connectivity index is 1.58. The molecule has 1 aliphatic carbocycles. The van der Waals surface area contributed by atoms with Crippen LogP contribution >= 0.6 is 15.9 Å². The second-order valence-electron chi connectivity index (χ2n) is 4.97. The van der Waals surface area contributed by atoms with E-state index in [-0.39, 0.29) is 17.7 Å². The third kappa shape index (κ3) is 3.21. The number of carbonyl (C=O) groups is 2. The number of carbonyl (C=O) groups excluding carboxylic acids is 2. The zero-order valence-electron chi connectivity index (χ0n) is 11.1. The average molecular weight is 352 g/mol. The van der Waals surface area contributed by atoms with E-state index in [9.17, 15) is 9.59 Å². The van der Waals surface area contributed by atoms with E-state index in [0.717, 1.165) is 17.3 Å². The highest BCUT2D eigenvalue weighted by molar-refractivity contribution is 9.10. The summed E-state index contributed by atoms with van der Waals surface area (Å²) in [5.74, 6) is 0.0157. The van der Waals surface area contributed by atoms with Gasteiger partial charge in [0.15, 0.2) is 0 Å². The lowest BCUT2D eigenvalue weighted by Gasteiger charge is -2.07. The van der Waals surface area contributed by atoms with Crippen LogP contribution in [0.5, 0.6) is 0 Å². The van der Waals surface area contributed by atoms with Gasteiger partial charge in [0.2, 0.25) is 5.91 Å². The molecule has 1 heterocycles. The number of benzene rings is 1. The third-order valence-corrected chi connectivity index (χ3v) is 3.75. The molecule has 0 radical (unpaired) electrons. The molecule has 7 nitrogen and oxygen atoms in total. The molecule has 0 aliphatic heterocycles. The summed E-state index contributed by atoms with van der Waals surface area (Å²) in [6, 6.07) is 3.48. The quantitative estimate of drug-likeness (QED) is 0.699. The smallest absolute Gasteiger partial charge is 0.253 e. The highest BCUT2D eigenvalue weighted by atomic mass is 79.9. The van der Waals surface area contributed by atoms with Crippen molar-refractivity contribution < 1.29 is 9.59 Å². The number of fused-ring (bicyclic) bond motifs is 1. The second kappa shape index (κ2) is 5.80. The normalized spacial score (nSPS) is 14.1. The Morgan fingerprint density at radius 1 is 1.24 bits per heavy atom. The minimum absolute atomic E-state index is 0.0746. The van der Waals surface area contributed by atoms with Gasteiger partial charge in [0, 0.05) is 23.5 Å². The molecular weight excluding hydrogens is 338 g/mol. The Hall–Kier alpha value is -1.96. The molecule has 0 spiro atoms. The SMILES string of the molecule is O=C(NCCNC(=O)C1CC1)c1cc(Br)cc2n[nH]nc12. The molecule has 1 saturated carbocycles. The van der Waals surface area contributed by atoms with Crippen molar-refractivity contribution in [3.8, 4) is 0 Å². The van der Waals surface area contributed by atoms with Crippen LogP contribution < -0.4 is 10.6 Å². The highest BCUT2D eigenvalue weighted by Gasteiger charge is 2.29. The van der Waals surface area contributed by atoms with E-state index in [1.807, 2.05) is 0 Å². The molecule has 0 atom stereocenters. The van der Waals surface area contributed by atoms with Gasteiger partial charge in [-0.1, -0.05) is 15.9 Å². The van der Waals surface area contributed by atoms with E-state index < -0.39 is 0 Å². The number of aromatic amines is 1. The second-order valence-corrected chi connectivity index (χ2v) is 5.88. The third-order valence-electron chi connectivity index (χ3n) is 3.29. The van der Waals surface area contributed by atoms with Gasteiger partial charge in [-0.2, -0.15) is 15.4 Å². The van der Waals surface area contributed by atoms with E-state index >= 15 is 0 Å². The van der Waals surface area contributed by atoms with Crippen molar-refractivity contribution in [3.05, 3.63) is 22.2 Å². The first-order valence-electron chi connectivity index (χ1n) is 6.71. The zero-order valence-corrected chi connectivity index (χ0v) is 12.7. The van der Waals surface area contributed by atoms with E-state index in [0.29, 0.717) is 29.7 Å². The fourth-order valence-corrected chi connectivity index (χ4v) is 2.48. The Morgan fingerprint density at radius 2 is 2.00 bits per heavy atom. The Labute approximate surface area is 129 Å². The van der Waals surface area contributed by atoms with Gasteiger partial charge in [0.1, 0.15) is 11.0 Å². The molecule has 1 aliphatic rings. The number of aromatic nitrogens is 3. The predicted octanol–water partition coefficient (Wildman–Crippen LogP) is 0.976. The Kier molecular flexibility index (Phi) is 3.87. The fraction of sp³-hybridized carbons (Fsp3) is 0.385. The van der Waals surface area contributed by atoms with E-state index in [1.165, 1.54) is 0 Å². The van der Waals surface area contributed by atoms with Crippen molar-refractivity contribution in [2.45, 2.75) is 12.8 Å². The first-order chi connectivity index (χ1) is 10.1. The van der Waals surface area contributed by atoms with Crippen molar-refractivity contribution in [2.24, 2.45) is 5.92 Å². The van der Waals surface area contributed by atoms with Crippen molar-refractivity contribution in [2.75, 3.05) is 13.1 Å². The average Bonchev–Trinajstić information content (AvgIpc) is 3.21. The molecule has 3 N–H and O–H groups in total. The summed E-state index contributed by atoms with van der Waals surface area (Å²) in [7, 11) is 0. The number of nitrogens with zero attached hydrogens (tertiary/aromatic N) is 2. The van der Waals surface area contributed by atoms with Crippen LogP contribution in [0.25, 0.3) is 11.0 Å². The maximum Gasteiger partial charge on any atom is 0.253 e. The molecule has 2 aromatic rings. The van der Waals surface area contributed by atoms with E-state index in [4.69, 9.17) is 0 Å². The molecule has 8 heteroatoms. The molecule has 2 amide bonds. The van der Waals surface area contributed by atoms with E-state index in [1.54, 1.807) is 12.1 Å². The van der Waals surface area contributed by atoms with Crippen LogP contribution in [-0.2, 0) is 4.79 Å². The number of halogens is 1. The first kappa shape index (κ1) is 14.0. The number of H-pyrrole nitrogens is 1. The summed E-state index contributed by atoms with van der Waals surface area (Å²) < 4.78 is 0.760.